The number of nitrogens with zero attached hydrogens (tertiary/aromatic N) is 2. The molecule has 0 radical (unpaired) electrons. The molecule has 0 N–H and O–H groups in total. The molecule has 0 fully saturated rings. The van der Waals surface area contributed by atoms with Crippen LogP contribution < -0.4 is 0 Å². The highest BCUT2D eigenvalue weighted by atomic mass is 16.3. The van der Waals surface area contributed by atoms with Gasteiger partial charge in [0.2, 0.25) is 0 Å². The highest BCUT2D eigenvalue weighted by Gasteiger charge is 2.20. The van der Waals surface area contributed by atoms with Crippen molar-refractivity contribution in [3.05, 3.63) is 218 Å². The van der Waals surface area contributed by atoms with Crippen LogP contribution in [0.2, 0.25) is 0 Å². The fourth-order valence-electron chi connectivity index (χ4n) is 8.45. The minimum Gasteiger partial charge on any atom is -0.455 e. The first-order chi connectivity index (χ1) is 29.2. The van der Waals surface area contributed by atoms with E-state index in [2.05, 4.69) is 200 Å². The second-order valence-corrected chi connectivity index (χ2v) is 14.9. The summed E-state index contributed by atoms with van der Waals surface area (Å²) < 4.78 is 6.81. The maximum Gasteiger partial charge on any atom is 0.160 e. The number of aromatic nitrogens is 2. The first kappa shape index (κ1) is 34.4. The van der Waals surface area contributed by atoms with Gasteiger partial charge in [-0.15, -0.1) is 0 Å². The third kappa shape index (κ3) is 6.26. The Balaban J connectivity index is 1.13. The minimum atomic E-state index is 0.657. The number of hydrogen-bond acceptors (Lipinski definition) is 3. The maximum atomic E-state index is 6.81. The Kier molecular flexibility index (Phi) is 8.49. The molecule has 0 amide bonds. The summed E-state index contributed by atoms with van der Waals surface area (Å²) in [5, 5.41) is 4.40. The fraction of sp³-hybridized carbons (Fsp3) is 0. The Morgan fingerprint density at radius 3 is 1.58 bits per heavy atom. The van der Waals surface area contributed by atoms with E-state index in [0.29, 0.717) is 5.82 Å². The molecule has 2 aromatic heterocycles. The van der Waals surface area contributed by atoms with Gasteiger partial charge in [0.1, 0.15) is 11.2 Å². The molecule has 11 rings (SSSR count). The van der Waals surface area contributed by atoms with Crippen LogP contribution in [0.5, 0.6) is 0 Å². The van der Waals surface area contributed by atoms with E-state index < -0.39 is 0 Å². The third-order valence-corrected chi connectivity index (χ3v) is 11.3. The smallest absolute Gasteiger partial charge is 0.160 e. The summed E-state index contributed by atoms with van der Waals surface area (Å²) in [4.78, 5) is 10.5. The van der Waals surface area contributed by atoms with E-state index in [1.807, 2.05) is 18.2 Å². The number of rotatable bonds is 7. The van der Waals surface area contributed by atoms with Crippen LogP contribution in [-0.2, 0) is 0 Å². The van der Waals surface area contributed by atoms with Gasteiger partial charge in [-0.25, -0.2) is 9.97 Å². The van der Waals surface area contributed by atoms with Gasteiger partial charge in [0.25, 0.3) is 0 Å². The molecule has 0 bridgehead atoms. The monoisotopic (exact) mass is 752 g/mol. The molecule has 0 aliphatic heterocycles. The summed E-state index contributed by atoms with van der Waals surface area (Å²) in [7, 11) is 0. The van der Waals surface area contributed by atoms with Crippen LogP contribution in [0.25, 0.3) is 111 Å². The Bertz CT molecular complexity index is 3300. The van der Waals surface area contributed by atoms with Gasteiger partial charge >= 0.3 is 0 Å². The van der Waals surface area contributed by atoms with Gasteiger partial charge < -0.3 is 4.42 Å². The van der Waals surface area contributed by atoms with Crippen molar-refractivity contribution in [2.75, 3.05) is 0 Å². The predicted molar refractivity (Wildman–Crippen MR) is 245 cm³/mol. The molecule has 0 aliphatic rings. The molecule has 0 spiro atoms. The van der Waals surface area contributed by atoms with Crippen molar-refractivity contribution in [1.29, 1.82) is 0 Å². The van der Waals surface area contributed by atoms with Crippen molar-refractivity contribution >= 4 is 32.7 Å². The second-order valence-electron chi connectivity index (χ2n) is 14.9. The Hall–Kier alpha value is -7.88. The van der Waals surface area contributed by atoms with E-state index >= 15 is 0 Å². The quantitative estimate of drug-likeness (QED) is 0.163. The number of hydrogen-bond donors (Lipinski definition) is 0. The number of para-hydroxylation sites is 1. The molecule has 0 aliphatic carbocycles. The number of benzene rings is 9. The van der Waals surface area contributed by atoms with Gasteiger partial charge in [-0.2, -0.15) is 0 Å². The molecule has 0 saturated heterocycles. The first-order valence-electron chi connectivity index (χ1n) is 20.0. The van der Waals surface area contributed by atoms with Gasteiger partial charge in [0, 0.05) is 32.8 Å². The molecule has 3 nitrogen and oxygen atoms in total. The van der Waals surface area contributed by atoms with Gasteiger partial charge in [-0.1, -0.05) is 182 Å². The van der Waals surface area contributed by atoms with Crippen LogP contribution in [0.4, 0.5) is 0 Å². The van der Waals surface area contributed by atoms with Gasteiger partial charge in [-0.05, 0) is 86.3 Å². The first-order valence-corrected chi connectivity index (χ1v) is 20.0. The molecule has 276 valence electrons. The summed E-state index contributed by atoms with van der Waals surface area (Å²) in [5.74, 6) is 0.657. The highest BCUT2D eigenvalue weighted by Crippen LogP contribution is 2.45. The Morgan fingerprint density at radius 2 is 0.831 bits per heavy atom. The molecule has 3 heteroatoms. The lowest BCUT2D eigenvalue weighted by molar-refractivity contribution is 0.673. The fourth-order valence-corrected chi connectivity index (χ4v) is 8.45. The lowest BCUT2D eigenvalue weighted by atomic mass is 9.84. The summed E-state index contributed by atoms with van der Waals surface area (Å²) >= 11 is 0. The van der Waals surface area contributed by atoms with E-state index in [0.717, 1.165) is 83.0 Å². The van der Waals surface area contributed by atoms with Gasteiger partial charge in [0.05, 0.1) is 11.4 Å². The largest absolute Gasteiger partial charge is 0.455 e. The SMILES string of the molecule is c1ccc(-c2cc(-c3ccccc3)c(-c3ccccc3)c(-c3cccc(-c4cc(-c5cccc6c5oc5c7ccccc7ccc65)nc(-c5ccccc5)n4)c3)c2)cc1. The zero-order valence-corrected chi connectivity index (χ0v) is 32.1. The van der Waals surface area contributed by atoms with Crippen LogP contribution >= 0.6 is 0 Å². The van der Waals surface area contributed by atoms with E-state index in [1.54, 1.807) is 0 Å². The van der Waals surface area contributed by atoms with Crippen LogP contribution in [0.3, 0.4) is 0 Å². The normalized spacial score (nSPS) is 11.4. The molecule has 0 unspecified atom stereocenters. The predicted octanol–water partition coefficient (Wildman–Crippen LogP) is 15.2. The van der Waals surface area contributed by atoms with Crippen molar-refractivity contribution in [3.8, 4) is 78.4 Å². The molecule has 0 atom stereocenters. The Morgan fingerprint density at radius 1 is 0.288 bits per heavy atom. The topological polar surface area (TPSA) is 38.9 Å². The molecule has 11 aromatic rings. The van der Waals surface area contributed by atoms with E-state index in [-0.39, 0.29) is 0 Å². The molecule has 0 saturated carbocycles. The van der Waals surface area contributed by atoms with Crippen LogP contribution in [0.15, 0.2) is 223 Å². The van der Waals surface area contributed by atoms with Crippen molar-refractivity contribution in [1.82, 2.24) is 9.97 Å². The van der Waals surface area contributed by atoms with E-state index in [4.69, 9.17) is 14.4 Å². The lowest BCUT2D eigenvalue weighted by Crippen LogP contribution is -1.97. The second kappa shape index (κ2) is 14.6. The molecular weight excluding hydrogens is 717 g/mol. The van der Waals surface area contributed by atoms with Crippen LogP contribution in [-0.4, -0.2) is 9.97 Å². The lowest BCUT2D eigenvalue weighted by Gasteiger charge is -2.19. The Labute approximate surface area is 342 Å². The molecular formula is C56H36N2O. The highest BCUT2D eigenvalue weighted by molar-refractivity contribution is 6.17. The molecule has 9 aromatic carbocycles. The van der Waals surface area contributed by atoms with E-state index in [9.17, 15) is 0 Å². The zero-order chi connectivity index (χ0) is 39.1. The standard InChI is InChI=1S/C56H36N2O/c1-5-17-37(18-6-1)44-34-49(38-19-7-2-8-20-38)53(40-22-9-3-10-23-40)50(35-44)42-26-15-27-43(33-42)51-36-52(58-56(57-51)41-24-11-4-12-25-41)48-30-16-29-46-47-32-31-39-21-13-14-28-45(39)54(47)59-55(46)48/h1-36H. The summed E-state index contributed by atoms with van der Waals surface area (Å²) in [6, 6.07) is 77.0. The van der Waals surface area contributed by atoms with Crippen molar-refractivity contribution in [2.24, 2.45) is 0 Å². The van der Waals surface area contributed by atoms with Crippen molar-refractivity contribution in [3.63, 3.8) is 0 Å². The molecule has 59 heavy (non-hydrogen) atoms. The van der Waals surface area contributed by atoms with Crippen LogP contribution in [0.1, 0.15) is 0 Å². The summed E-state index contributed by atoms with van der Waals surface area (Å²) in [6.45, 7) is 0. The maximum absolute atomic E-state index is 6.81. The van der Waals surface area contributed by atoms with Gasteiger partial charge in [0.15, 0.2) is 5.82 Å². The zero-order valence-electron chi connectivity index (χ0n) is 32.1. The van der Waals surface area contributed by atoms with Crippen molar-refractivity contribution in [2.45, 2.75) is 0 Å². The average Bonchev–Trinajstić information content (AvgIpc) is 3.72. The molecule has 2 heterocycles. The summed E-state index contributed by atoms with van der Waals surface area (Å²) in [6.07, 6.45) is 0. The third-order valence-electron chi connectivity index (χ3n) is 11.3. The number of furan rings is 1. The minimum absolute atomic E-state index is 0.657. The van der Waals surface area contributed by atoms with Crippen molar-refractivity contribution < 1.29 is 4.42 Å². The van der Waals surface area contributed by atoms with Crippen LogP contribution in [0, 0.1) is 0 Å². The summed E-state index contributed by atoms with van der Waals surface area (Å²) in [5.41, 5.74) is 15.5. The average molecular weight is 753 g/mol. The van der Waals surface area contributed by atoms with Gasteiger partial charge in [-0.3, -0.25) is 0 Å². The van der Waals surface area contributed by atoms with E-state index in [1.165, 1.54) is 22.3 Å². The number of fused-ring (bicyclic) bond motifs is 5.